The van der Waals surface area contributed by atoms with Crippen LogP contribution >= 0.6 is 15.9 Å². The fourth-order valence-electron chi connectivity index (χ4n) is 2.44. The second-order valence-corrected chi connectivity index (χ2v) is 6.04. The molecule has 1 saturated carbocycles. The van der Waals surface area contributed by atoms with Crippen molar-refractivity contribution in [3.05, 3.63) is 33.7 Å². The van der Waals surface area contributed by atoms with Crippen molar-refractivity contribution in [1.29, 1.82) is 0 Å². The molecule has 0 aliphatic heterocycles. The molecule has 1 aliphatic carbocycles. The number of aromatic nitrogens is 2. The minimum absolute atomic E-state index is 0.117. The highest BCUT2D eigenvalue weighted by Crippen LogP contribution is 2.27. The summed E-state index contributed by atoms with van der Waals surface area (Å²) in [5, 5.41) is 7.58. The fraction of sp³-hybridized carbons (Fsp3) is 0.571. The molecular weight excluding hydrogens is 306 g/mol. The molecule has 0 saturated heterocycles. The number of nitrogens with zero attached hydrogens (tertiary/aromatic N) is 2. The summed E-state index contributed by atoms with van der Waals surface area (Å²) in [5.41, 5.74) is 0.680. The highest BCUT2D eigenvalue weighted by atomic mass is 79.9. The number of hydrogen-bond acceptors (Lipinski definition) is 3. The molecule has 1 heterocycles. The van der Waals surface area contributed by atoms with Crippen molar-refractivity contribution in [3.8, 4) is 0 Å². The van der Waals surface area contributed by atoms with E-state index in [-0.39, 0.29) is 5.56 Å². The summed E-state index contributed by atoms with van der Waals surface area (Å²) in [5.74, 6) is 0.820. The van der Waals surface area contributed by atoms with E-state index in [0.29, 0.717) is 17.1 Å². The Morgan fingerprint density at radius 2 is 2.21 bits per heavy atom. The highest BCUT2D eigenvalue weighted by Gasteiger charge is 2.19. The lowest BCUT2D eigenvalue weighted by Crippen LogP contribution is -2.28. The van der Waals surface area contributed by atoms with Crippen LogP contribution in [0.1, 0.15) is 32.6 Å². The first-order valence-electron chi connectivity index (χ1n) is 6.75. The predicted octanol–water partition coefficient (Wildman–Crippen LogP) is 3.18. The van der Waals surface area contributed by atoms with Crippen LogP contribution < -0.4 is 10.9 Å². The van der Waals surface area contributed by atoms with Gasteiger partial charge < -0.3 is 5.32 Å². The van der Waals surface area contributed by atoms with Gasteiger partial charge in [0.25, 0.3) is 5.56 Å². The third-order valence-electron chi connectivity index (χ3n) is 3.66. The molecular formula is C14H20BrN3O. The molecule has 0 atom stereocenters. The molecule has 104 valence electrons. The van der Waals surface area contributed by atoms with E-state index in [9.17, 15) is 4.79 Å². The minimum atomic E-state index is -0.117. The van der Waals surface area contributed by atoms with Crippen LogP contribution in [0.2, 0.25) is 0 Å². The number of nitrogens with one attached hydrogen (secondary N) is 1. The molecule has 1 aliphatic rings. The molecule has 1 fully saturated rings. The van der Waals surface area contributed by atoms with E-state index in [1.807, 2.05) is 0 Å². The van der Waals surface area contributed by atoms with Crippen molar-refractivity contribution in [3.63, 3.8) is 0 Å². The van der Waals surface area contributed by atoms with Crippen LogP contribution in [0, 0.1) is 5.92 Å². The van der Waals surface area contributed by atoms with E-state index >= 15 is 0 Å². The molecule has 19 heavy (non-hydrogen) atoms. The minimum Gasteiger partial charge on any atom is -0.380 e. The van der Waals surface area contributed by atoms with Crippen LogP contribution in [0.3, 0.4) is 0 Å². The van der Waals surface area contributed by atoms with Crippen molar-refractivity contribution in [2.45, 2.75) is 45.2 Å². The van der Waals surface area contributed by atoms with Crippen molar-refractivity contribution < 1.29 is 0 Å². The van der Waals surface area contributed by atoms with Crippen LogP contribution in [-0.2, 0) is 6.54 Å². The van der Waals surface area contributed by atoms with Gasteiger partial charge in [-0.15, -0.1) is 6.58 Å². The molecule has 2 rings (SSSR count). The van der Waals surface area contributed by atoms with Gasteiger partial charge in [0.2, 0.25) is 0 Å². The summed E-state index contributed by atoms with van der Waals surface area (Å²) < 4.78 is 1.95. The number of anilines is 1. The average Bonchev–Trinajstić information content (AvgIpc) is 2.41. The maximum Gasteiger partial charge on any atom is 0.283 e. The molecule has 0 amide bonds. The molecule has 1 aromatic rings. The lowest BCUT2D eigenvalue weighted by atomic mass is 9.87. The molecule has 0 aromatic carbocycles. The monoisotopic (exact) mass is 325 g/mol. The summed E-state index contributed by atoms with van der Waals surface area (Å²) >= 11 is 3.37. The summed E-state index contributed by atoms with van der Waals surface area (Å²) in [6, 6.07) is 0.448. The van der Waals surface area contributed by atoms with Gasteiger partial charge in [0.1, 0.15) is 4.47 Å². The number of halogens is 1. The summed E-state index contributed by atoms with van der Waals surface area (Å²) in [6.07, 6.45) is 8.18. The maximum absolute atomic E-state index is 12.0. The van der Waals surface area contributed by atoms with Crippen molar-refractivity contribution in [1.82, 2.24) is 9.78 Å². The third-order valence-corrected chi connectivity index (χ3v) is 4.43. The van der Waals surface area contributed by atoms with E-state index in [2.05, 4.69) is 39.8 Å². The Morgan fingerprint density at radius 3 is 2.84 bits per heavy atom. The Bertz CT molecular complexity index is 504. The first-order valence-corrected chi connectivity index (χ1v) is 7.54. The quantitative estimate of drug-likeness (QED) is 0.865. The molecule has 0 unspecified atom stereocenters. The largest absolute Gasteiger partial charge is 0.380 e. The summed E-state index contributed by atoms with van der Waals surface area (Å²) in [4.78, 5) is 12.0. The summed E-state index contributed by atoms with van der Waals surface area (Å²) in [7, 11) is 0. The van der Waals surface area contributed by atoms with Crippen LogP contribution in [0.15, 0.2) is 28.1 Å². The van der Waals surface area contributed by atoms with Crippen molar-refractivity contribution >= 4 is 21.6 Å². The number of hydrogen-bond donors (Lipinski definition) is 1. The highest BCUT2D eigenvalue weighted by molar-refractivity contribution is 9.10. The Kier molecular flexibility index (Phi) is 4.80. The molecule has 0 radical (unpaired) electrons. The zero-order valence-corrected chi connectivity index (χ0v) is 12.8. The first kappa shape index (κ1) is 14.3. The Morgan fingerprint density at radius 1 is 1.53 bits per heavy atom. The van der Waals surface area contributed by atoms with Gasteiger partial charge in [-0.1, -0.05) is 13.0 Å². The Hall–Kier alpha value is -1.10. The van der Waals surface area contributed by atoms with E-state index < -0.39 is 0 Å². The zero-order chi connectivity index (χ0) is 13.8. The van der Waals surface area contributed by atoms with Gasteiger partial charge in [0.15, 0.2) is 0 Å². The second kappa shape index (κ2) is 6.37. The Balaban J connectivity index is 2.11. The topological polar surface area (TPSA) is 46.9 Å². The average molecular weight is 326 g/mol. The predicted molar refractivity (Wildman–Crippen MR) is 81.4 cm³/mol. The van der Waals surface area contributed by atoms with Crippen LogP contribution in [0.4, 0.5) is 5.69 Å². The molecule has 5 heteroatoms. The van der Waals surface area contributed by atoms with Crippen LogP contribution in [0.25, 0.3) is 0 Å². The van der Waals surface area contributed by atoms with Gasteiger partial charge >= 0.3 is 0 Å². The first-order chi connectivity index (χ1) is 9.11. The van der Waals surface area contributed by atoms with Crippen LogP contribution in [-0.4, -0.2) is 15.8 Å². The zero-order valence-electron chi connectivity index (χ0n) is 11.2. The van der Waals surface area contributed by atoms with E-state index in [0.717, 1.165) is 24.4 Å². The van der Waals surface area contributed by atoms with Gasteiger partial charge in [0.05, 0.1) is 18.4 Å². The van der Waals surface area contributed by atoms with Gasteiger partial charge in [-0.05, 0) is 47.5 Å². The Labute approximate surface area is 122 Å². The van der Waals surface area contributed by atoms with E-state index in [1.54, 1.807) is 12.3 Å². The maximum atomic E-state index is 12.0. The van der Waals surface area contributed by atoms with Gasteiger partial charge in [0, 0.05) is 6.04 Å². The van der Waals surface area contributed by atoms with Crippen LogP contribution in [0.5, 0.6) is 0 Å². The van der Waals surface area contributed by atoms with E-state index in [4.69, 9.17) is 0 Å². The third kappa shape index (κ3) is 3.47. The number of allylic oxidation sites excluding steroid dienone is 1. The fourth-order valence-corrected chi connectivity index (χ4v) is 2.86. The smallest absolute Gasteiger partial charge is 0.283 e. The molecule has 0 spiro atoms. The lowest BCUT2D eigenvalue weighted by molar-refractivity contribution is 0.361. The molecule has 4 nitrogen and oxygen atoms in total. The molecule has 0 bridgehead atoms. The van der Waals surface area contributed by atoms with Crippen molar-refractivity contribution in [2.75, 3.05) is 5.32 Å². The molecule has 1 N–H and O–H groups in total. The van der Waals surface area contributed by atoms with Gasteiger partial charge in [-0.25, -0.2) is 4.68 Å². The SMILES string of the molecule is C=CCn1ncc(NC2CCC(C)CC2)c(Br)c1=O. The summed E-state index contributed by atoms with van der Waals surface area (Å²) in [6.45, 7) is 6.34. The van der Waals surface area contributed by atoms with Gasteiger partial charge in [-0.3, -0.25) is 4.79 Å². The molecule has 1 aromatic heterocycles. The number of rotatable bonds is 4. The second-order valence-electron chi connectivity index (χ2n) is 5.25. The normalized spacial score (nSPS) is 23.1. The lowest BCUT2D eigenvalue weighted by Gasteiger charge is -2.27. The van der Waals surface area contributed by atoms with Crippen molar-refractivity contribution in [2.24, 2.45) is 5.92 Å². The standard InChI is InChI=1S/C14H20BrN3O/c1-3-8-18-14(19)13(15)12(9-16-18)17-11-6-4-10(2)5-7-11/h3,9-11,17H,1,4-8H2,2H3. The van der Waals surface area contributed by atoms with E-state index in [1.165, 1.54) is 17.5 Å². The van der Waals surface area contributed by atoms with Gasteiger partial charge in [-0.2, -0.15) is 5.10 Å².